The van der Waals surface area contributed by atoms with Crippen LogP contribution in [0, 0.1) is 5.92 Å². The van der Waals surface area contributed by atoms with E-state index in [9.17, 15) is 9.59 Å². The van der Waals surface area contributed by atoms with Crippen molar-refractivity contribution in [1.29, 1.82) is 0 Å². The molecule has 0 aliphatic rings. The number of hydrogen-bond acceptors (Lipinski definition) is 3. The Bertz CT molecular complexity index is 172. The van der Waals surface area contributed by atoms with E-state index in [-0.39, 0.29) is 18.9 Å². The van der Waals surface area contributed by atoms with Crippen LogP contribution in [0.5, 0.6) is 0 Å². The highest BCUT2D eigenvalue weighted by atomic mass is 35.5. The lowest BCUT2D eigenvalue weighted by Crippen LogP contribution is -2.32. The molecule has 5 heteroatoms. The molecule has 0 aliphatic carbocycles. The van der Waals surface area contributed by atoms with Gasteiger partial charge in [0.1, 0.15) is 5.92 Å². The maximum Gasteiger partial charge on any atom is 0.318 e. The maximum atomic E-state index is 11.0. The lowest BCUT2D eigenvalue weighted by atomic mass is 10.1. The fourth-order valence-electron chi connectivity index (χ4n) is 0.728. The first-order valence-electron chi connectivity index (χ1n) is 3.65. The molecule has 1 unspecified atom stereocenters. The van der Waals surface area contributed by atoms with Gasteiger partial charge in [0, 0.05) is 5.88 Å². The third-order valence-electron chi connectivity index (χ3n) is 1.31. The molecule has 0 rings (SSSR count). The Hall–Kier alpha value is -0.770. The largest absolute Gasteiger partial charge is 0.465 e. The summed E-state index contributed by atoms with van der Waals surface area (Å²) in [6.07, 6.45) is 0.232. The van der Waals surface area contributed by atoms with E-state index in [4.69, 9.17) is 17.3 Å². The maximum absolute atomic E-state index is 11.0. The van der Waals surface area contributed by atoms with Crippen LogP contribution in [0.15, 0.2) is 0 Å². The number of carbonyl (C=O) groups excluding carboxylic acids is 2. The zero-order valence-electron chi connectivity index (χ0n) is 6.88. The zero-order chi connectivity index (χ0) is 9.56. The molecule has 2 N–H and O–H groups in total. The van der Waals surface area contributed by atoms with Crippen molar-refractivity contribution in [3.8, 4) is 0 Å². The van der Waals surface area contributed by atoms with Gasteiger partial charge in [-0.3, -0.25) is 9.59 Å². The molecule has 4 nitrogen and oxygen atoms in total. The highest BCUT2D eigenvalue weighted by molar-refractivity contribution is 6.18. The minimum atomic E-state index is -0.901. The van der Waals surface area contributed by atoms with E-state index in [2.05, 4.69) is 4.74 Å². The van der Waals surface area contributed by atoms with Gasteiger partial charge in [0.05, 0.1) is 6.61 Å². The summed E-state index contributed by atoms with van der Waals surface area (Å²) in [4.78, 5) is 21.7. The molecular formula is C7H12ClNO3. The molecule has 0 bridgehead atoms. The van der Waals surface area contributed by atoms with Gasteiger partial charge < -0.3 is 10.5 Å². The number of amides is 1. The Balaban J connectivity index is 4.09. The predicted molar refractivity (Wildman–Crippen MR) is 44.7 cm³/mol. The van der Waals surface area contributed by atoms with E-state index < -0.39 is 17.8 Å². The zero-order valence-corrected chi connectivity index (χ0v) is 7.63. The molecule has 0 aromatic rings. The molecule has 0 aliphatic heterocycles. The lowest BCUT2D eigenvalue weighted by Gasteiger charge is -2.09. The number of nitrogens with two attached hydrogens (primary N) is 1. The summed E-state index contributed by atoms with van der Waals surface area (Å²) in [7, 11) is 0. The third-order valence-corrected chi connectivity index (χ3v) is 1.53. The molecule has 0 aromatic heterocycles. The van der Waals surface area contributed by atoms with Crippen LogP contribution in [-0.2, 0) is 14.3 Å². The normalized spacial score (nSPS) is 12.2. The quantitative estimate of drug-likeness (QED) is 0.387. The van der Waals surface area contributed by atoms with Gasteiger partial charge in [0.2, 0.25) is 5.91 Å². The third kappa shape index (κ3) is 3.57. The summed E-state index contributed by atoms with van der Waals surface area (Å²) in [6, 6.07) is 0. The molecule has 0 aromatic carbocycles. The Morgan fingerprint density at radius 2 is 2.17 bits per heavy atom. The van der Waals surface area contributed by atoms with Crippen LogP contribution < -0.4 is 5.73 Å². The van der Waals surface area contributed by atoms with Gasteiger partial charge in [0.15, 0.2) is 0 Å². The first-order chi connectivity index (χ1) is 5.63. The Morgan fingerprint density at radius 3 is 2.50 bits per heavy atom. The molecule has 0 radical (unpaired) electrons. The van der Waals surface area contributed by atoms with Crippen molar-refractivity contribution in [1.82, 2.24) is 0 Å². The summed E-state index contributed by atoms with van der Waals surface area (Å²) in [6.45, 7) is 1.90. The second-order valence-electron chi connectivity index (χ2n) is 2.18. The van der Waals surface area contributed by atoms with Crippen molar-refractivity contribution in [3.05, 3.63) is 0 Å². The highest BCUT2D eigenvalue weighted by Crippen LogP contribution is 2.06. The van der Waals surface area contributed by atoms with E-state index in [0.717, 1.165) is 0 Å². The standard InChI is InChI=1S/C7H12ClNO3/c1-2-12-7(11)5(3-4-8)6(9)10/h5H,2-4H2,1H3,(H2,9,10). The summed E-state index contributed by atoms with van der Waals surface area (Å²) < 4.78 is 4.62. The van der Waals surface area contributed by atoms with E-state index in [0.29, 0.717) is 0 Å². The van der Waals surface area contributed by atoms with Gasteiger partial charge in [-0.2, -0.15) is 0 Å². The number of ether oxygens (including phenoxy) is 1. The first-order valence-corrected chi connectivity index (χ1v) is 4.18. The molecule has 0 heterocycles. The molecule has 70 valence electrons. The number of rotatable bonds is 5. The van der Waals surface area contributed by atoms with Crippen molar-refractivity contribution >= 4 is 23.5 Å². The fourth-order valence-corrected chi connectivity index (χ4v) is 0.946. The van der Waals surface area contributed by atoms with Gasteiger partial charge in [-0.05, 0) is 13.3 Å². The Labute approximate surface area is 76.0 Å². The summed E-state index contributed by atoms with van der Waals surface area (Å²) in [5, 5.41) is 0. The molecule has 0 saturated heterocycles. The van der Waals surface area contributed by atoms with Crippen molar-refractivity contribution < 1.29 is 14.3 Å². The monoisotopic (exact) mass is 193 g/mol. The van der Waals surface area contributed by atoms with E-state index in [1.165, 1.54) is 0 Å². The van der Waals surface area contributed by atoms with Crippen LogP contribution in [-0.4, -0.2) is 24.4 Å². The Kier molecular flexibility index (Phi) is 5.45. The lowest BCUT2D eigenvalue weighted by molar-refractivity contribution is -0.151. The van der Waals surface area contributed by atoms with Crippen LogP contribution >= 0.6 is 11.6 Å². The van der Waals surface area contributed by atoms with Crippen LogP contribution in [0.2, 0.25) is 0 Å². The van der Waals surface area contributed by atoms with Crippen molar-refractivity contribution in [2.45, 2.75) is 13.3 Å². The second kappa shape index (κ2) is 5.83. The van der Waals surface area contributed by atoms with Gasteiger partial charge in [-0.15, -0.1) is 11.6 Å². The molecule has 1 atom stereocenters. The fraction of sp³-hybridized carbons (Fsp3) is 0.714. The number of carbonyl (C=O) groups is 2. The number of esters is 1. The number of primary amides is 1. The summed E-state index contributed by atoms with van der Waals surface area (Å²) in [5.41, 5.74) is 4.96. The van der Waals surface area contributed by atoms with Crippen molar-refractivity contribution in [2.24, 2.45) is 11.7 Å². The number of hydrogen-bond donors (Lipinski definition) is 1. The average Bonchev–Trinajstić information content (AvgIpc) is 1.99. The van der Waals surface area contributed by atoms with Gasteiger partial charge >= 0.3 is 5.97 Å². The molecular weight excluding hydrogens is 182 g/mol. The van der Waals surface area contributed by atoms with E-state index in [1.807, 2.05) is 0 Å². The minimum Gasteiger partial charge on any atom is -0.465 e. The average molecular weight is 194 g/mol. The molecule has 0 spiro atoms. The molecule has 1 amide bonds. The second-order valence-corrected chi connectivity index (χ2v) is 2.56. The van der Waals surface area contributed by atoms with Crippen molar-refractivity contribution in [3.63, 3.8) is 0 Å². The van der Waals surface area contributed by atoms with Gasteiger partial charge in [-0.1, -0.05) is 0 Å². The SMILES string of the molecule is CCOC(=O)C(CCCl)C(N)=O. The topological polar surface area (TPSA) is 69.4 Å². The molecule has 12 heavy (non-hydrogen) atoms. The summed E-state index contributed by atoms with van der Waals surface area (Å²) >= 11 is 5.37. The Morgan fingerprint density at radius 1 is 1.58 bits per heavy atom. The van der Waals surface area contributed by atoms with Crippen LogP contribution in [0.25, 0.3) is 0 Å². The van der Waals surface area contributed by atoms with Gasteiger partial charge in [-0.25, -0.2) is 0 Å². The van der Waals surface area contributed by atoms with E-state index >= 15 is 0 Å². The van der Waals surface area contributed by atoms with Crippen LogP contribution in [0.3, 0.4) is 0 Å². The first kappa shape index (κ1) is 11.2. The predicted octanol–water partition coefficient (Wildman–Crippen LogP) is 0.280. The van der Waals surface area contributed by atoms with Crippen molar-refractivity contribution in [2.75, 3.05) is 12.5 Å². The molecule has 0 saturated carbocycles. The number of alkyl halides is 1. The smallest absolute Gasteiger partial charge is 0.318 e. The summed E-state index contributed by atoms with van der Waals surface area (Å²) in [5.74, 6) is -1.96. The van der Waals surface area contributed by atoms with Crippen LogP contribution in [0.1, 0.15) is 13.3 Å². The number of halogens is 1. The highest BCUT2D eigenvalue weighted by Gasteiger charge is 2.24. The van der Waals surface area contributed by atoms with E-state index in [1.54, 1.807) is 6.92 Å². The molecule has 0 fully saturated rings. The minimum absolute atomic E-state index is 0.215. The van der Waals surface area contributed by atoms with Gasteiger partial charge in [0.25, 0.3) is 0 Å². The van der Waals surface area contributed by atoms with Crippen LogP contribution in [0.4, 0.5) is 0 Å².